The summed E-state index contributed by atoms with van der Waals surface area (Å²) in [5.74, 6) is 0.305. The molecule has 6 nitrogen and oxygen atoms in total. The highest BCUT2D eigenvalue weighted by Gasteiger charge is 2.19. The summed E-state index contributed by atoms with van der Waals surface area (Å²) in [7, 11) is -1.88. The molecule has 1 saturated heterocycles. The standard InChI is InChI=1S/C12H27N3O3S/c1-12(11-15-7-3-4-8-15)10-13-19(17,18)14(2)6-5-9-16/h12-13,16H,3-11H2,1-2H3. The van der Waals surface area contributed by atoms with E-state index in [0.717, 1.165) is 19.6 Å². The molecule has 0 amide bonds. The van der Waals surface area contributed by atoms with Crippen LogP contribution in [0, 0.1) is 5.92 Å². The second-order valence-electron chi connectivity index (χ2n) is 5.37. The van der Waals surface area contributed by atoms with Gasteiger partial charge in [-0.1, -0.05) is 6.92 Å². The number of hydrogen-bond acceptors (Lipinski definition) is 4. The van der Waals surface area contributed by atoms with Gasteiger partial charge in [-0.05, 0) is 38.3 Å². The number of hydrogen-bond donors (Lipinski definition) is 2. The van der Waals surface area contributed by atoms with Crippen molar-refractivity contribution in [3.8, 4) is 0 Å². The molecule has 1 aliphatic rings. The van der Waals surface area contributed by atoms with Gasteiger partial charge in [0, 0.05) is 33.3 Å². The molecule has 2 N–H and O–H groups in total. The van der Waals surface area contributed by atoms with Gasteiger partial charge in [0.1, 0.15) is 0 Å². The zero-order chi connectivity index (χ0) is 14.3. The Morgan fingerprint density at radius 2 is 2.00 bits per heavy atom. The van der Waals surface area contributed by atoms with Gasteiger partial charge in [0.15, 0.2) is 0 Å². The Kier molecular flexibility index (Phi) is 7.23. The summed E-state index contributed by atoms with van der Waals surface area (Å²) in [6.07, 6.45) is 2.96. The van der Waals surface area contributed by atoms with Crippen LogP contribution >= 0.6 is 0 Å². The van der Waals surface area contributed by atoms with E-state index in [0.29, 0.717) is 25.4 Å². The SMILES string of the molecule is CC(CNS(=O)(=O)N(C)CCCO)CN1CCCC1. The summed E-state index contributed by atoms with van der Waals surface area (Å²) in [6, 6.07) is 0. The van der Waals surface area contributed by atoms with E-state index in [9.17, 15) is 8.42 Å². The molecule has 114 valence electrons. The van der Waals surface area contributed by atoms with E-state index in [1.165, 1.54) is 24.2 Å². The van der Waals surface area contributed by atoms with Crippen molar-refractivity contribution < 1.29 is 13.5 Å². The lowest BCUT2D eigenvalue weighted by Gasteiger charge is -2.22. The fraction of sp³-hybridized carbons (Fsp3) is 1.00. The minimum Gasteiger partial charge on any atom is -0.396 e. The first-order chi connectivity index (χ1) is 8.95. The summed E-state index contributed by atoms with van der Waals surface area (Å²) in [4.78, 5) is 2.38. The van der Waals surface area contributed by atoms with Crippen LogP contribution in [0.3, 0.4) is 0 Å². The van der Waals surface area contributed by atoms with E-state index < -0.39 is 10.2 Å². The number of nitrogens with one attached hydrogen (secondary N) is 1. The van der Waals surface area contributed by atoms with Crippen LogP contribution < -0.4 is 4.72 Å². The van der Waals surface area contributed by atoms with Gasteiger partial charge < -0.3 is 10.0 Å². The monoisotopic (exact) mass is 293 g/mol. The molecule has 0 spiro atoms. The van der Waals surface area contributed by atoms with Gasteiger partial charge in [-0.25, -0.2) is 4.72 Å². The van der Waals surface area contributed by atoms with Crippen molar-refractivity contribution in [2.75, 3.05) is 46.4 Å². The van der Waals surface area contributed by atoms with Crippen LogP contribution in [0.5, 0.6) is 0 Å². The molecular weight excluding hydrogens is 266 g/mol. The average Bonchev–Trinajstić information content (AvgIpc) is 2.86. The number of nitrogens with zero attached hydrogens (tertiary/aromatic N) is 2. The van der Waals surface area contributed by atoms with Crippen molar-refractivity contribution in [2.24, 2.45) is 5.92 Å². The van der Waals surface area contributed by atoms with Crippen molar-refractivity contribution in [3.05, 3.63) is 0 Å². The van der Waals surface area contributed by atoms with Gasteiger partial charge in [-0.3, -0.25) is 0 Å². The largest absolute Gasteiger partial charge is 0.396 e. The van der Waals surface area contributed by atoms with Gasteiger partial charge in [-0.15, -0.1) is 0 Å². The molecule has 0 aromatic rings. The quantitative estimate of drug-likeness (QED) is 0.621. The molecule has 1 atom stereocenters. The van der Waals surface area contributed by atoms with Gasteiger partial charge >= 0.3 is 0 Å². The van der Waals surface area contributed by atoms with Crippen LogP contribution in [-0.2, 0) is 10.2 Å². The van der Waals surface area contributed by atoms with Crippen molar-refractivity contribution in [3.63, 3.8) is 0 Å². The fourth-order valence-corrected chi connectivity index (χ4v) is 3.33. The first kappa shape index (κ1) is 16.8. The van der Waals surface area contributed by atoms with Crippen LogP contribution in [0.2, 0.25) is 0 Å². The van der Waals surface area contributed by atoms with Gasteiger partial charge in [0.05, 0.1) is 0 Å². The maximum atomic E-state index is 11.9. The topological polar surface area (TPSA) is 72.9 Å². The molecule has 1 rings (SSSR count). The molecular formula is C12H27N3O3S. The summed E-state index contributed by atoms with van der Waals surface area (Å²) in [6.45, 7) is 6.08. The predicted molar refractivity (Wildman–Crippen MR) is 76.1 cm³/mol. The number of likely N-dealkylation sites (tertiary alicyclic amines) is 1. The molecule has 7 heteroatoms. The number of aliphatic hydroxyl groups excluding tert-OH is 1. The smallest absolute Gasteiger partial charge is 0.279 e. The second-order valence-corrected chi connectivity index (χ2v) is 7.23. The maximum absolute atomic E-state index is 11.9. The highest BCUT2D eigenvalue weighted by Crippen LogP contribution is 2.10. The van der Waals surface area contributed by atoms with Crippen LogP contribution in [-0.4, -0.2) is 69.1 Å². The van der Waals surface area contributed by atoms with Crippen molar-refractivity contribution in [1.29, 1.82) is 0 Å². The number of aliphatic hydroxyl groups is 1. The number of rotatable bonds is 9. The van der Waals surface area contributed by atoms with E-state index in [2.05, 4.69) is 16.5 Å². The summed E-state index contributed by atoms with van der Waals surface area (Å²) in [5.41, 5.74) is 0. The molecule has 1 heterocycles. The van der Waals surface area contributed by atoms with Gasteiger partial charge in [0.25, 0.3) is 10.2 Å². The van der Waals surface area contributed by atoms with Crippen LogP contribution in [0.25, 0.3) is 0 Å². The summed E-state index contributed by atoms with van der Waals surface area (Å²) >= 11 is 0. The maximum Gasteiger partial charge on any atom is 0.279 e. The lowest BCUT2D eigenvalue weighted by Crippen LogP contribution is -2.42. The van der Waals surface area contributed by atoms with E-state index in [-0.39, 0.29) is 6.61 Å². The molecule has 0 aromatic heterocycles. The first-order valence-corrected chi connectivity index (χ1v) is 8.44. The molecule has 0 aromatic carbocycles. The average molecular weight is 293 g/mol. The zero-order valence-electron chi connectivity index (χ0n) is 12.0. The first-order valence-electron chi connectivity index (χ1n) is 7.00. The molecule has 19 heavy (non-hydrogen) atoms. The molecule has 1 unspecified atom stereocenters. The van der Waals surface area contributed by atoms with E-state index >= 15 is 0 Å². The van der Waals surface area contributed by atoms with Crippen LogP contribution in [0.4, 0.5) is 0 Å². The summed E-state index contributed by atoms with van der Waals surface area (Å²) in [5, 5.41) is 8.71. The molecule has 1 aliphatic heterocycles. The van der Waals surface area contributed by atoms with E-state index in [1.807, 2.05) is 0 Å². The zero-order valence-corrected chi connectivity index (χ0v) is 12.8. The highest BCUT2D eigenvalue weighted by molar-refractivity contribution is 7.87. The lowest BCUT2D eigenvalue weighted by atomic mass is 10.2. The fourth-order valence-electron chi connectivity index (χ4n) is 2.24. The predicted octanol–water partition coefficient (Wildman–Crippen LogP) is -0.133. The lowest BCUT2D eigenvalue weighted by molar-refractivity contribution is 0.273. The van der Waals surface area contributed by atoms with Crippen molar-refractivity contribution in [2.45, 2.75) is 26.2 Å². The Labute approximate surface area is 117 Å². The minimum absolute atomic E-state index is 0.00518. The van der Waals surface area contributed by atoms with Gasteiger partial charge in [-0.2, -0.15) is 12.7 Å². The van der Waals surface area contributed by atoms with Crippen molar-refractivity contribution >= 4 is 10.2 Å². The molecule has 0 saturated carbocycles. The Morgan fingerprint density at radius 3 is 2.58 bits per heavy atom. The van der Waals surface area contributed by atoms with Crippen LogP contribution in [0.1, 0.15) is 26.2 Å². The Bertz CT molecular complexity index is 342. The molecule has 0 bridgehead atoms. The van der Waals surface area contributed by atoms with E-state index in [4.69, 9.17) is 5.11 Å². The van der Waals surface area contributed by atoms with E-state index in [1.54, 1.807) is 0 Å². The summed E-state index contributed by atoms with van der Waals surface area (Å²) < 4.78 is 27.7. The Balaban J connectivity index is 2.28. The molecule has 0 radical (unpaired) electrons. The molecule has 1 fully saturated rings. The Morgan fingerprint density at radius 1 is 1.37 bits per heavy atom. The molecule has 0 aliphatic carbocycles. The second kappa shape index (κ2) is 8.16. The highest BCUT2D eigenvalue weighted by atomic mass is 32.2. The van der Waals surface area contributed by atoms with Crippen molar-refractivity contribution in [1.82, 2.24) is 13.9 Å². The normalized spacial score (nSPS) is 19.2. The third-order valence-corrected chi connectivity index (χ3v) is 4.96. The Hall–Kier alpha value is -0.210. The third kappa shape index (κ3) is 6.18. The minimum atomic E-state index is -3.41. The third-order valence-electron chi connectivity index (χ3n) is 3.42. The van der Waals surface area contributed by atoms with Gasteiger partial charge in [0.2, 0.25) is 0 Å². The van der Waals surface area contributed by atoms with Crippen LogP contribution in [0.15, 0.2) is 0 Å².